The number of nitrogens with one attached hydrogen (secondary N) is 2. The van der Waals surface area contributed by atoms with Gasteiger partial charge in [-0.25, -0.2) is 13.8 Å². The van der Waals surface area contributed by atoms with E-state index in [0.717, 1.165) is 80.3 Å². The molecule has 4 N–H and O–H groups in total. The van der Waals surface area contributed by atoms with E-state index in [1.165, 1.54) is 5.56 Å². The maximum Gasteiger partial charge on any atom is 0.311 e. The molecule has 3 aromatic rings. The third-order valence-corrected chi connectivity index (χ3v) is 8.46. The van der Waals surface area contributed by atoms with Crippen LogP contribution >= 0.6 is 0 Å². The highest BCUT2D eigenvalue weighted by molar-refractivity contribution is 6.03. The summed E-state index contributed by atoms with van der Waals surface area (Å²) in [5.74, 6) is -8.98. The van der Waals surface area contributed by atoms with Gasteiger partial charge in [-0.3, -0.25) is 4.79 Å². The summed E-state index contributed by atoms with van der Waals surface area (Å²) in [4.78, 5) is 19.1. The van der Waals surface area contributed by atoms with Crippen LogP contribution in [0.25, 0.3) is 10.9 Å². The minimum absolute atomic E-state index is 0.0585. The monoisotopic (exact) mass is 705 g/mol. The van der Waals surface area contributed by atoms with Gasteiger partial charge < -0.3 is 30.7 Å². The lowest BCUT2D eigenvalue weighted by molar-refractivity contribution is -0.136. The first-order valence-electron chi connectivity index (χ1n) is 17.8. The van der Waals surface area contributed by atoms with E-state index in [-0.39, 0.29) is 36.6 Å². The highest BCUT2D eigenvalue weighted by Crippen LogP contribution is 2.40. The maximum atomic E-state index is 13.8. The quantitative estimate of drug-likeness (QED) is 0.0396. The number of hydrogen-bond donors (Lipinski definition) is 3. The van der Waals surface area contributed by atoms with Gasteiger partial charge in [0.1, 0.15) is 11.5 Å². The summed E-state index contributed by atoms with van der Waals surface area (Å²) in [6.07, 6.45) is 7.45. The van der Waals surface area contributed by atoms with Crippen molar-refractivity contribution in [1.82, 2.24) is 9.88 Å². The van der Waals surface area contributed by atoms with E-state index < -0.39 is 35.0 Å². The van der Waals surface area contributed by atoms with Gasteiger partial charge in [-0.1, -0.05) is 66.5 Å². The molecule has 1 aliphatic heterocycles. The largest absolute Gasteiger partial charge is 0.420 e. The molecule has 0 bridgehead atoms. The predicted molar refractivity (Wildman–Crippen MR) is 193 cm³/mol. The normalized spacial score (nSPS) is 14.5. The van der Waals surface area contributed by atoms with Crippen molar-refractivity contribution >= 4 is 34.1 Å². The molecule has 1 aromatic heterocycles. The summed E-state index contributed by atoms with van der Waals surface area (Å²) in [7, 11) is 2.08. The number of carbonyl (C=O) groups is 1. The number of anilines is 3. The summed E-state index contributed by atoms with van der Waals surface area (Å²) in [5.41, 5.74) is 10.3. The second kappa shape index (κ2) is 19.1. The van der Waals surface area contributed by atoms with Crippen LogP contribution in [-0.2, 0) is 16.0 Å². The lowest BCUT2D eigenvalue weighted by atomic mass is 9.94. The summed E-state index contributed by atoms with van der Waals surface area (Å²) >= 11 is 0. The van der Waals surface area contributed by atoms with Crippen LogP contribution in [0.2, 0.25) is 0 Å². The van der Waals surface area contributed by atoms with Crippen molar-refractivity contribution in [1.29, 1.82) is 0 Å². The molecule has 0 radical (unpaired) electrons. The number of nitrogens with zero attached hydrogens (tertiary/aromatic N) is 2. The van der Waals surface area contributed by atoms with E-state index in [9.17, 15) is 22.4 Å². The summed E-state index contributed by atoms with van der Waals surface area (Å²) in [6.45, 7) is 14.5. The molecule has 0 saturated carbocycles. The van der Waals surface area contributed by atoms with Crippen molar-refractivity contribution < 1.29 is 31.8 Å². The molecule has 278 valence electrons. The van der Waals surface area contributed by atoms with Crippen LogP contribution in [0.5, 0.6) is 5.75 Å². The topological polar surface area (TPSA) is 102 Å². The van der Waals surface area contributed by atoms with Gasteiger partial charge in [0.25, 0.3) is 0 Å². The Morgan fingerprint density at radius 1 is 1.02 bits per heavy atom. The minimum atomic E-state index is -1.75. The molecular weight excluding hydrogens is 650 g/mol. The predicted octanol–water partition coefficient (Wildman–Crippen LogP) is 9.07. The Balaban J connectivity index is 0.00000332. The molecule has 0 amide bonds. The molecule has 4 rings (SSSR count). The zero-order valence-electron chi connectivity index (χ0n) is 30.7. The zero-order valence-corrected chi connectivity index (χ0v) is 30.7. The Morgan fingerprint density at radius 3 is 2.38 bits per heavy atom. The molecular formula is C38H55F4N5O3. The van der Waals surface area contributed by atoms with Crippen LogP contribution in [0.3, 0.4) is 0 Å². The molecule has 2 atom stereocenters. The molecule has 8 nitrogen and oxygen atoms in total. The molecule has 0 fully saturated rings. The maximum absolute atomic E-state index is 13.8. The van der Waals surface area contributed by atoms with Gasteiger partial charge in [0.2, 0.25) is 17.4 Å². The standard InChI is InChI=1S/C36H49F4N5O3.C2H6/c1-6-7-12-28-43-32-24-14-13-23(17-27(24)42-35(41)33(32)44-28)11-9-8-10-15-45(5)20-36(3,4)21-47-19-22(2)16-29(46)48-34-30(39)25(37)18-26(38)31(34)40;1-2/h13-14,17-18,22,28,43-44H,6-12,15-16,19-21H2,1-5H3,(H2,41,42);1-2H3. The number of unbranched alkanes of at least 4 members (excludes halogenated alkanes) is 3. The molecule has 0 aliphatic carbocycles. The van der Waals surface area contributed by atoms with Crippen molar-refractivity contribution in [3.05, 3.63) is 53.1 Å². The highest BCUT2D eigenvalue weighted by Gasteiger charge is 2.26. The van der Waals surface area contributed by atoms with Gasteiger partial charge in [-0.2, -0.15) is 8.78 Å². The van der Waals surface area contributed by atoms with Crippen LogP contribution in [0.4, 0.5) is 34.8 Å². The average molecular weight is 706 g/mol. The number of aryl methyl sites for hydroxylation is 1. The van der Waals surface area contributed by atoms with E-state index in [2.05, 4.69) is 71.3 Å². The van der Waals surface area contributed by atoms with Crippen LogP contribution in [-0.4, -0.2) is 55.4 Å². The van der Waals surface area contributed by atoms with Gasteiger partial charge in [0, 0.05) is 30.0 Å². The molecule has 12 heteroatoms. The first kappa shape index (κ1) is 40.8. The Bertz CT molecular complexity index is 1550. The summed E-state index contributed by atoms with van der Waals surface area (Å²) in [6, 6.07) is 6.54. The van der Waals surface area contributed by atoms with Gasteiger partial charge in [0.15, 0.2) is 11.6 Å². The zero-order chi connectivity index (χ0) is 37.0. The number of benzene rings is 2. The van der Waals surface area contributed by atoms with Crippen molar-refractivity contribution in [2.75, 3.05) is 49.7 Å². The van der Waals surface area contributed by atoms with Gasteiger partial charge in [-0.05, 0) is 63.2 Å². The summed E-state index contributed by atoms with van der Waals surface area (Å²) in [5, 5.41) is 8.17. The van der Waals surface area contributed by atoms with Crippen molar-refractivity contribution in [2.45, 2.75) is 99.1 Å². The van der Waals surface area contributed by atoms with Crippen LogP contribution in [0.15, 0.2) is 24.3 Å². The lowest BCUT2D eigenvalue weighted by Crippen LogP contribution is -2.35. The lowest BCUT2D eigenvalue weighted by Gasteiger charge is -2.30. The fourth-order valence-electron chi connectivity index (χ4n) is 6.14. The molecule has 0 saturated heterocycles. The van der Waals surface area contributed by atoms with Gasteiger partial charge in [-0.15, -0.1) is 0 Å². The molecule has 2 heterocycles. The fourth-order valence-corrected chi connectivity index (χ4v) is 6.14. The van der Waals surface area contributed by atoms with Crippen molar-refractivity contribution in [3.8, 4) is 5.75 Å². The molecule has 2 aromatic carbocycles. The number of aromatic nitrogens is 1. The van der Waals surface area contributed by atoms with Crippen LogP contribution in [0.1, 0.15) is 92.1 Å². The van der Waals surface area contributed by atoms with Crippen molar-refractivity contribution in [2.24, 2.45) is 11.3 Å². The number of nitrogens with two attached hydrogens (primary N) is 1. The number of carbonyl (C=O) groups excluding carboxylic acids is 1. The molecule has 0 spiro atoms. The molecule has 2 unspecified atom stereocenters. The third kappa shape index (κ3) is 11.4. The average Bonchev–Trinajstić information content (AvgIpc) is 3.50. The highest BCUT2D eigenvalue weighted by atomic mass is 19.2. The molecule has 1 aliphatic rings. The number of nitrogen functional groups attached to an aromatic ring is 1. The van der Waals surface area contributed by atoms with E-state index in [1.54, 1.807) is 6.92 Å². The second-order valence-electron chi connectivity index (χ2n) is 13.9. The number of halogens is 4. The SMILES string of the molecule is CC.CCCCC1Nc2c(N)nc3cc(CCCCCN(C)CC(C)(C)COCC(C)CC(=O)Oc4c(F)c(F)cc(F)c4F)ccc3c2N1. The van der Waals surface area contributed by atoms with E-state index >= 15 is 0 Å². The molecule has 50 heavy (non-hydrogen) atoms. The van der Waals surface area contributed by atoms with Gasteiger partial charge in [0.05, 0.1) is 30.4 Å². The number of pyridine rings is 1. The van der Waals surface area contributed by atoms with Crippen molar-refractivity contribution in [3.63, 3.8) is 0 Å². The first-order valence-corrected chi connectivity index (χ1v) is 17.8. The Morgan fingerprint density at radius 2 is 1.70 bits per heavy atom. The van der Waals surface area contributed by atoms with Crippen LogP contribution < -0.4 is 21.1 Å². The Hall–Kier alpha value is -3.64. The van der Waals surface area contributed by atoms with E-state index in [4.69, 9.17) is 10.5 Å². The number of rotatable bonds is 18. The van der Waals surface area contributed by atoms with Crippen LogP contribution in [0, 0.1) is 34.6 Å². The smallest absolute Gasteiger partial charge is 0.311 e. The first-order chi connectivity index (χ1) is 23.8. The number of fused-ring (bicyclic) bond motifs is 3. The Labute approximate surface area is 294 Å². The fraction of sp³-hybridized carbons (Fsp3) is 0.579. The van der Waals surface area contributed by atoms with E-state index in [1.807, 2.05) is 13.8 Å². The number of ether oxygens (including phenoxy) is 2. The third-order valence-electron chi connectivity index (χ3n) is 8.46. The summed E-state index contributed by atoms with van der Waals surface area (Å²) < 4.78 is 64.8. The van der Waals surface area contributed by atoms with Gasteiger partial charge >= 0.3 is 5.97 Å². The number of hydrogen-bond acceptors (Lipinski definition) is 8. The number of esters is 1. The second-order valence-corrected chi connectivity index (χ2v) is 13.9. The van der Waals surface area contributed by atoms with E-state index in [0.29, 0.717) is 12.4 Å². The minimum Gasteiger partial charge on any atom is -0.420 e. The Kier molecular flexibility index (Phi) is 15.6.